The molecule has 0 aromatic carbocycles. The average molecular weight is 170 g/mol. The third-order valence-corrected chi connectivity index (χ3v) is 1.63. The summed E-state index contributed by atoms with van der Waals surface area (Å²) in [5.41, 5.74) is 5.80. The Morgan fingerprint density at radius 1 is 1.00 bits per heavy atom. The summed E-state index contributed by atoms with van der Waals surface area (Å²) in [6, 6.07) is 0. The van der Waals surface area contributed by atoms with Gasteiger partial charge < -0.3 is 10.6 Å². The molecule has 0 radical (unpaired) electrons. The Labute approximate surface area is 76.4 Å². The zero-order valence-corrected chi connectivity index (χ0v) is 9.23. The molecular formula is C10H22N2. The Hall–Kier alpha value is -0.660. The maximum absolute atomic E-state index is 5.74. The highest BCUT2D eigenvalue weighted by atomic mass is 15.3. The molecule has 0 aliphatic heterocycles. The van der Waals surface area contributed by atoms with Crippen molar-refractivity contribution in [3.8, 4) is 0 Å². The quantitative estimate of drug-likeness (QED) is 0.654. The van der Waals surface area contributed by atoms with Crippen LogP contribution < -0.4 is 5.73 Å². The van der Waals surface area contributed by atoms with E-state index in [9.17, 15) is 0 Å². The molecule has 0 aromatic heterocycles. The van der Waals surface area contributed by atoms with Crippen molar-refractivity contribution in [2.24, 2.45) is 5.73 Å². The molecular weight excluding hydrogens is 148 g/mol. The van der Waals surface area contributed by atoms with E-state index in [0.29, 0.717) is 5.82 Å². The van der Waals surface area contributed by atoms with Crippen LogP contribution in [0.5, 0.6) is 0 Å². The van der Waals surface area contributed by atoms with Crippen molar-refractivity contribution in [1.29, 1.82) is 0 Å². The van der Waals surface area contributed by atoms with E-state index in [2.05, 4.69) is 53.0 Å². The molecule has 0 aliphatic rings. The van der Waals surface area contributed by atoms with Gasteiger partial charge in [0.05, 0.1) is 5.82 Å². The first-order chi connectivity index (χ1) is 5.07. The van der Waals surface area contributed by atoms with Crippen molar-refractivity contribution in [2.45, 2.75) is 52.6 Å². The number of nitrogens with two attached hydrogens (primary N) is 1. The third kappa shape index (κ3) is 2.76. The number of nitrogens with zero attached hydrogens (tertiary/aromatic N) is 1. The normalized spacial score (nSPS) is 12.8. The molecule has 0 unspecified atom stereocenters. The van der Waals surface area contributed by atoms with Crippen LogP contribution in [0, 0.1) is 0 Å². The van der Waals surface area contributed by atoms with Gasteiger partial charge >= 0.3 is 0 Å². The molecule has 72 valence electrons. The highest BCUT2D eigenvalue weighted by molar-refractivity contribution is 5.00. The van der Waals surface area contributed by atoms with Crippen LogP contribution in [0.4, 0.5) is 0 Å². The van der Waals surface area contributed by atoms with Crippen molar-refractivity contribution < 1.29 is 0 Å². The maximum Gasteiger partial charge on any atom is 0.0921 e. The summed E-state index contributed by atoms with van der Waals surface area (Å²) in [6.45, 7) is 16.6. The van der Waals surface area contributed by atoms with Gasteiger partial charge in [0.1, 0.15) is 0 Å². The Balaban J connectivity index is 4.82. The van der Waals surface area contributed by atoms with Crippen molar-refractivity contribution in [2.75, 3.05) is 0 Å². The summed E-state index contributed by atoms with van der Waals surface area (Å²) in [4.78, 5) is 2.12. The monoisotopic (exact) mass is 170 g/mol. The third-order valence-electron chi connectivity index (χ3n) is 1.63. The minimum absolute atomic E-state index is 0.0318. The molecule has 0 saturated carbocycles. The smallest absolute Gasteiger partial charge is 0.0921 e. The van der Waals surface area contributed by atoms with Crippen molar-refractivity contribution >= 4 is 0 Å². The van der Waals surface area contributed by atoms with Gasteiger partial charge in [-0.15, -0.1) is 0 Å². The molecule has 0 fully saturated rings. The second kappa shape index (κ2) is 3.00. The van der Waals surface area contributed by atoms with Gasteiger partial charge in [0.25, 0.3) is 0 Å². The molecule has 0 aromatic rings. The van der Waals surface area contributed by atoms with Crippen LogP contribution in [-0.2, 0) is 0 Å². The summed E-state index contributed by atoms with van der Waals surface area (Å²) < 4.78 is 0. The first-order valence-corrected chi connectivity index (χ1v) is 4.31. The lowest BCUT2D eigenvalue weighted by Crippen LogP contribution is -2.53. The lowest BCUT2D eigenvalue weighted by molar-refractivity contribution is 0.0781. The molecule has 2 heteroatoms. The molecule has 0 saturated heterocycles. The number of rotatable bonds is 1. The van der Waals surface area contributed by atoms with Crippen LogP contribution in [-0.4, -0.2) is 16.0 Å². The number of hydrogen-bond donors (Lipinski definition) is 1. The van der Waals surface area contributed by atoms with Crippen LogP contribution in [0.15, 0.2) is 12.4 Å². The van der Waals surface area contributed by atoms with Gasteiger partial charge in [-0.05, 0) is 41.5 Å². The SMILES string of the molecule is C=C(N)N(C(C)(C)C)C(C)(C)C. The van der Waals surface area contributed by atoms with Gasteiger partial charge in [0, 0.05) is 11.1 Å². The van der Waals surface area contributed by atoms with Gasteiger partial charge in [-0.3, -0.25) is 0 Å². The predicted octanol–water partition coefficient (Wildman–Crippen LogP) is 2.32. The average Bonchev–Trinajstić information content (AvgIpc) is 1.49. The molecule has 12 heavy (non-hydrogen) atoms. The summed E-state index contributed by atoms with van der Waals surface area (Å²) in [6.07, 6.45) is 0. The minimum Gasteiger partial charge on any atom is -0.386 e. The predicted molar refractivity (Wildman–Crippen MR) is 54.7 cm³/mol. The van der Waals surface area contributed by atoms with Crippen LogP contribution in [0.1, 0.15) is 41.5 Å². The van der Waals surface area contributed by atoms with Gasteiger partial charge in [-0.25, -0.2) is 0 Å². The van der Waals surface area contributed by atoms with Crippen molar-refractivity contribution in [1.82, 2.24) is 4.90 Å². The number of hydrogen-bond acceptors (Lipinski definition) is 2. The second-order valence-corrected chi connectivity index (χ2v) is 5.17. The second-order valence-electron chi connectivity index (χ2n) is 5.17. The van der Waals surface area contributed by atoms with Gasteiger partial charge in [-0.1, -0.05) is 6.58 Å². The van der Waals surface area contributed by atoms with E-state index >= 15 is 0 Å². The van der Waals surface area contributed by atoms with Crippen LogP contribution >= 0.6 is 0 Å². The molecule has 0 atom stereocenters. The molecule has 0 amide bonds. The van der Waals surface area contributed by atoms with E-state index in [1.165, 1.54) is 0 Å². The molecule has 0 heterocycles. The molecule has 0 aliphatic carbocycles. The van der Waals surface area contributed by atoms with E-state index in [-0.39, 0.29) is 11.1 Å². The molecule has 0 rings (SSSR count). The molecule has 0 spiro atoms. The van der Waals surface area contributed by atoms with Crippen molar-refractivity contribution in [3.63, 3.8) is 0 Å². The lowest BCUT2D eigenvalue weighted by Gasteiger charge is -2.47. The zero-order chi connectivity index (χ0) is 10.2. The van der Waals surface area contributed by atoms with E-state index in [1.807, 2.05) is 0 Å². The van der Waals surface area contributed by atoms with Crippen molar-refractivity contribution in [3.05, 3.63) is 12.4 Å². The Morgan fingerprint density at radius 3 is 1.25 bits per heavy atom. The van der Waals surface area contributed by atoms with Gasteiger partial charge in [0.2, 0.25) is 0 Å². The van der Waals surface area contributed by atoms with Gasteiger partial charge in [0.15, 0.2) is 0 Å². The topological polar surface area (TPSA) is 29.3 Å². The lowest BCUT2D eigenvalue weighted by atomic mass is 9.96. The van der Waals surface area contributed by atoms with E-state index in [0.717, 1.165) is 0 Å². The van der Waals surface area contributed by atoms with Gasteiger partial charge in [-0.2, -0.15) is 0 Å². The molecule has 2 N–H and O–H groups in total. The summed E-state index contributed by atoms with van der Waals surface area (Å²) >= 11 is 0. The fourth-order valence-corrected chi connectivity index (χ4v) is 1.87. The van der Waals surface area contributed by atoms with Crippen LogP contribution in [0.25, 0.3) is 0 Å². The standard InChI is InChI=1S/C10H22N2/c1-8(11)12(9(2,3)4)10(5,6)7/h1,11H2,2-7H3. The highest BCUT2D eigenvalue weighted by Crippen LogP contribution is 2.26. The van der Waals surface area contributed by atoms with Crippen LogP contribution in [0.2, 0.25) is 0 Å². The fraction of sp³-hybridized carbons (Fsp3) is 0.800. The van der Waals surface area contributed by atoms with E-state index < -0.39 is 0 Å². The summed E-state index contributed by atoms with van der Waals surface area (Å²) in [7, 11) is 0. The Morgan fingerprint density at radius 2 is 1.25 bits per heavy atom. The van der Waals surface area contributed by atoms with Crippen LogP contribution in [0.3, 0.4) is 0 Å². The molecule has 2 nitrogen and oxygen atoms in total. The highest BCUT2D eigenvalue weighted by Gasteiger charge is 2.31. The first kappa shape index (κ1) is 11.3. The first-order valence-electron chi connectivity index (χ1n) is 4.31. The minimum atomic E-state index is 0.0318. The van der Waals surface area contributed by atoms with E-state index in [1.54, 1.807) is 0 Å². The molecule has 0 bridgehead atoms. The maximum atomic E-state index is 5.74. The summed E-state index contributed by atoms with van der Waals surface area (Å²) in [5.74, 6) is 0.634. The largest absolute Gasteiger partial charge is 0.386 e. The Kier molecular flexibility index (Phi) is 2.83. The fourth-order valence-electron chi connectivity index (χ4n) is 1.87. The Bertz CT molecular complexity index is 155. The summed E-state index contributed by atoms with van der Waals surface area (Å²) in [5, 5.41) is 0. The van der Waals surface area contributed by atoms with E-state index in [4.69, 9.17) is 5.73 Å². The zero-order valence-electron chi connectivity index (χ0n) is 9.23.